The van der Waals surface area contributed by atoms with Crippen molar-refractivity contribution in [1.29, 1.82) is 0 Å². The third-order valence-corrected chi connectivity index (χ3v) is 3.15. The van der Waals surface area contributed by atoms with Gasteiger partial charge in [0.1, 0.15) is 5.58 Å². The molecule has 23 heavy (non-hydrogen) atoms. The van der Waals surface area contributed by atoms with Crippen molar-refractivity contribution >= 4 is 28.5 Å². The molecule has 0 aliphatic carbocycles. The van der Waals surface area contributed by atoms with Crippen molar-refractivity contribution in [3.8, 4) is 0 Å². The number of nitrogens with zero attached hydrogens (tertiary/aromatic N) is 3. The number of fused-ring (bicyclic) bond motifs is 1. The fraction of sp³-hybridized carbons (Fsp3) is 0.125. The van der Waals surface area contributed by atoms with Crippen LogP contribution in [-0.2, 0) is 0 Å². The number of para-hydroxylation sites is 1. The molecule has 0 aliphatic rings. The SMILES string of the molecule is CN(C)c1ncc(NC(=O)c2cc(=O)c3ccccc3o2)cn1. The van der Waals surface area contributed by atoms with E-state index in [2.05, 4.69) is 15.3 Å². The molecule has 2 aromatic heterocycles. The van der Waals surface area contributed by atoms with Gasteiger partial charge in [-0.3, -0.25) is 9.59 Å². The summed E-state index contributed by atoms with van der Waals surface area (Å²) in [7, 11) is 3.63. The van der Waals surface area contributed by atoms with E-state index in [4.69, 9.17) is 4.42 Å². The van der Waals surface area contributed by atoms with Crippen LogP contribution in [0.5, 0.6) is 0 Å². The van der Waals surface area contributed by atoms with Crippen LogP contribution in [0.3, 0.4) is 0 Å². The Balaban J connectivity index is 1.87. The Hall–Kier alpha value is -3.22. The highest BCUT2D eigenvalue weighted by Gasteiger charge is 2.13. The summed E-state index contributed by atoms with van der Waals surface area (Å²) in [6.07, 6.45) is 2.97. The largest absolute Gasteiger partial charge is 0.451 e. The maximum absolute atomic E-state index is 12.2. The van der Waals surface area contributed by atoms with E-state index in [9.17, 15) is 9.59 Å². The third kappa shape index (κ3) is 3.03. The van der Waals surface area contributed by atoms with Gasteiger partial charge in [-0.05, 0) is 12.1 Å². The van der Waals surface area contributed by atoms with Crippen LogP contribution in [0.4, 0.5) is 11.6 Å². The number of hydrogen-bond acceptors (Lipinski definition) is 6. The van der Waals surface area contributed by atoms with Gasteiger partial charge in [-0.2, -0.15) is 0 Å². The van der Waals surface area contributed by atoms with E-state index in [1.165, 1.54) is 18.5 Å². The predicted molar refractivity (Wildman–Crippen MR) is 86.8 cm³/mol. The van der Waals surface area contributed by atoms with Gasteiger partial charge in [0.15, 0.2) is 11.2 Å². The molecule has 1 N–H and O–H groups in total. The summed E-state index contributed by atoms with van der Waals surface area (Å²) in [6, 6.07) is 7.94. The van der Waals surface area contributed by atoms with E-state index in [1.807, 2.05) is 14.1 Å². The van der Waals surface area contributed by atoms with Gasteiger partial charge in [-0.15, -0.1) is 0 Å². The smallest absolute Gasteiger partial charge is 0.291 e. The molecular weight excluding hydrogens is 296 g/mol. The monoisotopic (exact) mass is 310 g/mol. The Kier molecular flexibility index (Phi) is 3.76. The van der Waals surface area contributed by atoms with Crippen LogP contribution in [0.2, 0.25) is 0 Å². The first-order valence-electron chi connectivity index (χ1n) is 6.88. The van der Waals surface area contributed by atoms with E-state index >= 15 is 0 Å². The lowest BCUT2D eigenvalue weighted by molar-refractivity contribution is 0.0997. The van der Waals surface area contributed by atoms with Gasteiger partial charge in [0, 0.05) is 20.2 Å². The Morgan fingerprint density at radius 1 is 1.17 bits per heavy atom. The van der Waals surface area contributed by atoms with Gasteiger partial charge in [0.05, 0.1) is 23.5 Å². The summed E-state index contributed by atoms with van der Waals surface area (Å²) in [6.45, 7) is 0. The average Bonchev–Trinajstić information content (AvgIpc) is 2.55. The maximum atomic E-state index is 12.2. The molecule has 0 saturated heterocycles. The molecule has 0 aliphatic heterocycles. The average molecular weight is 310 g/mol. The third-order valence-electron chi connectivity index (χ3n) is 3.15. The molecule has 3 aromatic rings. The highest BCUT2D eigenvalue weighted by Crippen LogP contribution is 2.14. The summed E-state index contributed by atoms with van der Waals surface area (Å²) in [5.41, 5.74) is 0.511. The van der Waals surface area contributed by atoms with Crippen molar-refractivity contribution in [2.45, 2.75) is 0 Å². The Morgan fingerprint density at radius 2 is 1.87 bits per heavy atom. The zero-order valence-electron chi connectivity index (χ0n) is 12.6. The van der Waals surface area contributed by atoms with Gasteiger partial charge >= 0.3 is 0 Å². The highest BCUT2D eigenvalue weighted by atomic mass is 16.3. The second kappa shape index (κ2) is 5.88. The van der Waals surface area contributed by atoms with E-state index < -0.39 is 5.91 Å². The van der Waals surface area contributed by atoms with E-state index in [-0.39, 0.29) is 11.2 Å². The summed E-state index contributed by atoms with van der Waals surface area (Å²) >= 11 is 0. The fourth-order valence-electron chi connectivity index (χ4n) is 2.03. The molecule has 2 heterocycles. The molecule has 3 rings (SSSR count). The second-order valence-electron chi connectivity index (χ2n) is 5.09. The van der Waals surface area contributed by atoms with E-state index in [1.54, 1.807) is 29.2 Å². The minimum Gasteiger partial charge on any atom is -0.451 e. The number of hydrogen-bond donors (Lipinski definition) is 1. The first-order valence-corrected chi connectivity index (χ1v) is 6.88. The number of amides is 1. The van der Waals surface area contributed by atoms with Gasteiger partial charge in [-0.1, -0.05) is 12.1 Å². The topological polar surface area (TPSA) is 88.3 Å². The van der Waals surface area contributed by atoms with Crippen molar-refractivity contribution in [2.75, 3.05) is 24.3 Å². The first kappa shape index (κ1) is 14.7. The number of carbonyl (C=O) groups is 1. The predicted octanol–water partition coefficient (Wildman–Crippen LogP) is 1.90. The van der Waals surface area contributed by atoms with Crippen LogP contribution in [0, 0.1) is 0 Å². The lowest BCUT2D eigenvalue weighted by Gasteiger charge is -2.10. The summed E-state index contributed by atoms with van der Waals surface area (Å²) in [4.78, 5) is 34.2. The van der Waals surface area contributed by atoms with Crippen LogP contribution in [0.25, 0.3) is 11.0 Å². The van der Waals surface area contributed by atoms with Crippen molar-refractivity contribution in [1.82, 2.24) is 9.97 Å². The minimum absolute atomic E-state index is 0.0645. The molecule has 1 aromatic carbocycles. The summed E-state index contributed by atoms with van der Waals surface area (Å²) in [5, 5.41) is 3.03. The first-order chi connectivity index (χ1) is 11.0. The maximum Gasteiger partial charge on any atom is 0.291 e. The molecule has 0 bridgehead atoms. The number of carbonyl (C=O) groups excluding carboxylic acids is 1. The van der Waals surface area contributed by atoms with Crippen LogP contribution in [-0.4, -0.2) is 30.0 Å². The van der Waals surface area contributed by atoms with Crippen molar-refractivity contribution < 1.29 is 9.21 Å². The standard InChI is InChI=1S/C16H14N4O3/c1-20(2)16-17-8-10(9-18-16)19-15(22)14-7-12(21)11-5-3-4-6-13(11)23-14/h3-9H,1-2H3,(H,19,22). The molecule has 7 nitrogen and oxygen atoms in total. The number of benzene rings is 1. The molecule has 1 amide bonds. The molecule has 0 atom stereocenters. The number of aromatic nitrogens is 2. The lowest BCUT2D eigenvalue weighted by atomic mass is 10.2. The summed E-state index contributed by atoms with van der Waals surface area (Å²) < 4.78 is 5.48. The van der Waals surface area contributed by atoms with Crippen LogP contribution in [0.15, 0.2) is 51.9 Å². The van der Waals surface area contributed by atoms with Crippen molar-refractivity contribution in [2.24, 2.45) is 0 Å². The Bertz CT molecular complexity index is 917. The van der Waals surface area contributed by atoms with Crippen LogP contribution >= 0.6 is 0 Å². The van der Waals surface area contributed by atoms with Crippen molar-refractivity contribution in [3.63, 3.8) is 0 Å². The van der Waals surface area contributed by atoms with Gasteiger partial charge < -0.3 is 14.6 Å². The molecular formula is C16H14N4O3. The fourth-order valence-corrected chi connectivity index (χ4v) is 2.03. The molecule has 7 heteroatoms. The van der Waals surface area contributed by atoms with Gasteiger partial charge in [0.25, 0.3) is 5.91 Å². The zero-order valence-corrected chi connectivity index (χ0v) is 12.6. The number of rotatable bonds is 3. The zero-order chi connectivity index (χ0) is 16.4. The normalized spacial score (nSPS) is 10.5. The molecule has 0 saturated carbocycles. The minimum atomic E-state index is -0.533. The Labute approximate surface area is 131 Å². The van der Waals surface area contributed by atoms with Crippen molar-refractivity contribution in [3.05, 3.63) is 58.7 Å². The molecule has 0 fully saturated rings. The van der Waals surface area contributed by atoms with Gasteiger partial charge in [0.2, 0.25) is 5.95 Å². The molecule has 116 valence electrons. The van der Waals surface area contributed by atoms with Crippen LogP contribution < -0.4 is 15.6 Å². The molecule has 0 radical (unpaired) electrons. The number of nitrogens with one attached hydrogen (secondary N) is 1. The summed E-state index contributed by atoms with van der Waals surface area (Å²) in [5.74, 6) is -0.0697. The van der Waals surface area contributed by atoms with E-state index in [0.717, 1.165) is 0 Å². The second-order valence-corrected chi connectivity index (χ2v) is 5.09. The molecule has 0 spiro atoms. The molecule has 0 unspecified atom stereocenters. The lowest BCUT2D eigenvalue weighted by Crippen LogP contribution is -2.16. The van der Waals surface area contributed by atoms with Gasteiger partial charge in [-0.25, -0.2) is 9.97 Å². The number of anilines is 2. The van der Waals surface area contributed by atoms with Crippen LogP contribution in [0.1, 0.15) is 10.6 Å². The highest BCUT2D eigenvalue weighted by molar-refractivity contribution is 6.02. The Morgan fingerprint density at radius 3 is 2.57 bits per heavy atom. The quantitative estimate of drug-likeness (QED) is 0.795. The van der Waals surface area contributed by atoms with E-state index in [0.29, 0.717) is 22.6 Å².